The average molecular weight is 488 g/mol. The third-order valence-electron chi connectivity index (χ3n) is 5.68. The molecule has 2 aliphatic rings. The van der Waals surface area contributed by atoms with Crippen LogP contribution in [-0.2, 0) is 11.0 Å². The van der Waals surface area contributed by atoms with E-state index in [-0.39, 0.29) is 30.9 Å². The zero-order valence-electron chi connectivity index (χ0n) is 17.9. The van der Waals surface area contributed by atoms with Gasteiger partial charge in [-0.2, -0.15) is 18.4 Å². The van der Waals surface area contributed by atoms with E-state index in [0.29, 0.717) is 39.5 Å². The SMILES string of the molecule is N#Cc1ccc(C2NC(=O)N(c3cccc(C(F)(F)F)c3)C3=C2C(=O)CC3)c(SCCCO)c1. The summed E-state index contributed by atoms with van der Waals surface area (Å²) in [6.07, 6.45) is -3.67. The summed E-state index contributed by atoms with van der Waals surface area (Å²) in [5, 5.41) is 21.2. The van der Waals surface area contributed by atoms with Crippen molar-refractivity contribution in [3.63, 3.8) is 0 Å². The Morgan fingerprint density at radius 1 is 1.18 bits per heavy atom. The number of nitriles is 1. The smallest absolute Gasteiger partial charge is 0.396 e. The number of anilines is 1. The first kappa shape index (κ1) is 23.9. The van der Waals surface area contributed by atoms with Crippen LogP contribution in [0.4, 0.5) is 23.7 Å². The molecule has 176 valence electrons. The summed E-state index contributed by atoms with van der Waals surface area (Å²) in [4.78, 5) is 27.9. The number of allylic oxidation sites excluding steroid dienone is 1. The molecule has 4 rings (SSSR count). The monoisotopic (exact) mass is 487 g/mol. The first-order chi connectivity index (χ1) is 16.2. The van der Waals surface area contributed by atoms with Gasteiger partial charge in [0.25, 0.3) is 0 Å². The number of ketones is 1. The lowest BCUT2D eigenvalue weighted by atomic mass is 9.94. The van der Waals surface area contributed by atoms with Gasteiger partial charge in [0.05, 0.1) is 28.9 Å². The standard InChI is InChI=1S/C24H20F3N3O3S/c25-24(26,27)15-3-1-4-16(12-15)30-18-7-8-19(32)21(18)22(29-23(30)33)17-6-5-14(13-28)11-20(17)34-10-2-9-31/h1,3-6,11-12,22,31H,2,7-10H2,(H,29,33). The number of benzene rings is 2. The minimum Gasteiger partial charge on any atom is -0.396 e. The number of nitrogens with zero attached hydrogens (tertiary/aromatic N) is 2. The lowest BCUT2D eigenvalue weighted by Gasteiger charge is -2.35. The number of hydrogen-bond acceptors (Lipinski definition) is 5. The van der Waals surface area contributed by atoms with Crippen LogP contribution in [0.1, 0.15) is 42.0 Å². The molecule has 34 heavy (non-hydrogen) atoms. The van der Waals surface area contributed by atoms with Crippen LogP contribution >= 0.6 is 11.8 Å². The Morgan fingerprint density at radius 3 is 2.68 bits per heavy atom. The van der Waals surface area contributed by atoms with Crippen molar-refractivity contribution in [3.05, 3.63) is 70.4 Å². The highest BCUT2D eigenvalue weighted by Gasteiger charge is 2.42. The molecule has 1 aliphatic carbocycles. The molecule has 1 atom stereocenters. The summed E-state index contributed by atoms with van der Waals surface area (Å²) in [6, 6.07) is 10.0. The molecule has 0 saturated carbocycles. The van der Waals surface area contributed by atoms with E-state index in [1.165, 1.54) is 23.9 Å². The maximum Gasteiger partial charge on any atom is 0.416 e. The van der Waals surface area contributed by atoms with Crippen molar-refractivity contribution in [1.82, 2.24) is 5.32 Å². The molecule has 6 nitrogen and oxygen atoms in total. The fourth-order valence-electron chi connectivity index (χ4n) is 4.15. The molecule has 0 spiro atoms. The molecule has 0 fully saturated rings. The molecule has 2 aromatic rings. The highest BCUT2D eigenvalue weighted by atomic mass is 32.2. The molecular formula is C24H20F3N3O3S. The zero-order valence-corrected chi connectivity index (χ0v) is 18.7. The molecule has 0 saturated heterocycles. The molecule has 1 unspecified atom stereocenters. The molecule has 1 heterocycles. The predicted molar refractivity (Wildman–Crippen MR) is 120 cm³/mol. The fraction of sp³-hybridized carbons (Fsp3) is 0.292. The van der Waals surface area contributed by atoms with Gasteiger partial charge in [-0.15, -0.1) is 11.8 Å². The van der Waals surface area contributed by atoms with Gasteiger partial charge in [-0.1, -0.05) is 12.1 Å². The molecule has 2 N–H and O–H groups in total. The van der Waals surface area contributed by atoms with Crippen molar-refractivity contribution in [1.29, 1.82) is 5.26 Å². The van der Waals surface area contributed by atoms with Crippen molar-refractivity contribution in [2.24, 2.45) is 0 Å². The van der Waals surface area contributed by atoms with Crippen LogP contribution in [0.15, 0.2) is 58.6 Å². The second kappa shape index (κ2) is 9.52. The van der Waals surface area contributed by atoms with E-state index in [1.54, 1.807) is 18.2 Å². The molecule has 0 aromatic heterocycles. The molecule has 10 heteroatoms. The summed E-state index contributed by atoms with van der Waals surface area (Å²) < 4.78 is 39.8. The third-order valence-corrected chi connectivity index (χ3v) is 6.83. The van der Waals surface area contributed by atoms with Gasteiger partial charge in [0.15, 0.2) is 5.78 Å². The quantitative estimate of drug-likeness (QED) is 0.445. The molecule has 2 aromatic carbocycles. The number of urea groups is 1. The Kier molecular flexibility index (Phi) is 6.68. The van der Waals surface area contributed by atoms with E-state index < -0.39 is 23.8 Å². The minimum atomic E-state index is -4.57. The van der Waals surface area contributed by atoms with E-state index in [4.69, 9.17) is 5.11 Å². The maximum atomic E-state index is 13.3. The maximum absolute atomic E-state index is 13.3. The Hall–Kier alpha value is -3.29. The number of thioether (sulfide) groups is 1. The van der Waals surface area contributed by atoms with Crippen molar-refractivity contribution in [2.45, 2.75) is 36.4 Å². The number of Topliss-reactive ketones (excluding diaryl/α,β-unsaturated/α-hetero) is 1. The molecule has 0 bridgehead atoms. The molecule has 1 aliphatic heterocycles. The van der Waals surface area contributed by atoms with E-state index in [1.807, 2.05) is 0 Å². The minimum absolute atomic E-state index is 0.000174. The first-order valence-electron chi connectivity index (χ1n) is 10.6. The second-order valence-corrected chi connectivity index (χ2v) is 8.98. The number of carbonyl (C=O) groups excluding carboxylic acids is 2. The summed E-state index contributed by atoms with van der Waals surface area (Å²) in [5.74, 6) is 0.377. The van der Waals surface area contributed by atoms with Crippen LogP contribution < -0.4 is 10.2 Å². The number of aliphatic hydroxyl groups excluding tert-OH is 1. The molecule has 2 amide bonds. The Bertz CT molecular complexity index is 1220. The lowest BCUT2D eigenvalue weighted by molar-refractivity contribution is -0.137. The molecular weight excluding hydrogens is 467 g/mol. The van der Waals surface area contributed by atoms with E-state index in [2.05, 4.69) is 11.4 Å². The topological polar surface area (TPSA) is 93.4 Å². The van der Waals surface area contributed by atoms with Gasteiger partial charge in [-0.3, -0.25) is 9.69 Å². The van der Waals surface area contributed by atoms with Gasteiger partial charge in [0.2, 0.25) is 0 Å². The van der Waals surface area contributed by atoms with Crippen molar-refractivity contribution in [2.75, 3.05) is 17.3 Å². The number of rotatable bonds is 6. The van der Waals surface area contributed by atoms with Crippen molar-refractivity contribution in [3.8, 4) is 6.07 Å². The number of carbonyl (C=O) groups is 2. The van der Waals surface area contributed by atoms with Crippen molar-refractivity contribution < 1.29 is 27.9 Å². The number of nitrogens with one attached hydrogen (secondary N) is 1. The highest BCUT2D eigenvalue weighted by Crippen LogP contribution is 2.43. The second-order valence-electron chi connectivity index (χ2n) is 7.84. The third kappa shape index (κ3) is 4.54. The van der Waals surface area contributed by atoms with E-state index in [0.717, 1.165) is 17.0 Å². The molecule has 0 radical (unpaired) electrons. The zero-order chi connectivity index (χ0) is 24.5. The van der Waals surface area contributed by atoms with Crippen LogP contribution in [0.25, 0.3) is 0 Å². The number of amides is 2. The van der Waals surface area contributed by atoms with Crippen LogP contribution in [0, 0.1) is 11.3 Å². The summed E-state index contributed by atoms with van der Waals surface area (Å²) in [7, 11) is 0. The normalized spacial score (nSPS) is 18.1. The summed E-state index contributed by atoms with van der Waals surface area (Å²) in [6.45, 7) is 0.000174. The Balaban J connectivity index is 1.79. The lowest BCUT2D eigenvalue weighted by Crippen LogP contribution is -2.47. The van der Waals surface area contributed by atoms with Crippen molar-refractivity contribution >= 4 is 29.3 Å². The number of aliphatic hydroxyl groups is 1. The van der Waals surface area contributed by atoms with Gasteiger partial charge >= 0.3 is 12.2 Å². The Morgan fingerprint density at radius 2 is 1.97 bits per heavy atom. The number of hydrogen-bond donors (Lipinski definition) is 2. The van der Waals surface area contributed by atoms with Gasteiger partial charge in [0.1, 0.15) is 0 Å². The van der Waals surface area contributed by atoms with Crippen LogP contribution in [-0.4, -0.2) is 29.3 Å². The Labute approximate surface area is 198 Å². The predicted octanol–water partition coefficient (Wildman–Crippen LogP) is 4.94. The van der Waals surface area contributed by atoms with Crippen LogP contribution in [0.3, 0.4) is 0 Å². The van der Waals surface area contributed by atoms with E-state index >= 15 is 0 Å². The van der Waals surface area contributed by atoms with Gasteiger partial charge in [-0.05, 0) is 48.7 Å². The van der Waals surface area contributed by atoms with E-state index in [9.17, 15) is 28.0 Å². The summed E-state index contributed by atoms with van der Waals surface area (Å²) in [5.41, 5.74) is 0.905. The van der Waals surface area contributed by atoms with Crippen LogP contribution in [0.5, 0.6) is 0 Å². The van der Waals surface area contributed by atoms with Gasteiger partial charge in [-0.25, -0.2) is 4.79 Å². The largest absolute Gasteiger partial charge is 0.416 e. The number of halogens is 3. The van der Waals surface area contributed by atoms with Gasteiger partial charge < -0.3 is 10.4 Å². The fourth-order valence-corrected chi connectivity index (χ4v) is 5.20. The highest BCUT2D eigenvalue weighted by molar-refractivity contribution is 7.99. The summed E-state index contributed by atoms with van der Waals surface area (Å²) >= 11 is 1.40. The van der Waals surface area contributed by atoms with Gasteiger partial charge in [0, 0.05) is 34.9 Å². The first-order valence-corrected chi connectivity index (χ1v) is 11.5. The van der Waals surface area contributed by atoms with Crippen LogP contribution in [0.2, 0.25) is 0 Å². The average Bonchev–Trinajstić information content (AvgIpc) is 3.19. The number of alkyl halides is 3.